The molecule has 0 radical (unpaired) electrons. The predicted molar refractivity (Wildman–Crippen MR) is 87.9 cm³/mol. The first-order chi connectivity index (χ1) is 10.9. The zero-order chi connectivity index (χ0) is 16.9. The van der Waals surface area contributed by atoms with Gasteiger partial charge in [-0.3, -0.25) is 4.79 Å². The van der Waals surface area contributed by atoms with Gasteiger partial charge in [-0.15, -0.1) is 0 Å². The van der Waals surface area contributed by atoms with Crippen LogP contribution in [0.15, 0.2) is 18.3 Å². The Morgan fingerprint density at radius 3 is 2.74 bits per heavy atom. The number of rotatable bonds is 6. The first kappa shape index (κ1) is 17.7. The van der Waals surface area contributed by atoms with E-state index in [1.807, 2.05) is 6.92 Å². The molecule has 0 spiro atoms. The van der Waals surface area contributed by atoms with Gasteiger partial charge in [0.2, 0.25) is 11.8 Å². The molecule has 1 aliphatic heterocycles. The van der Waals surface area contributed by atoms with E-state index in [9.17, 15) is 13.2 Å². The average molecular weight is 340 g/mol. The highest BCUT2D eigenvalue weighted by atomic mass is 32.2. The van der Waals surface area contributed by atoms with Crippen molar-refractivity contribution in [2.45, 2.75) is 32.4 Å². The minimum Gasteiger partial charge on any atom is -0.478 e. The summed E-state index contributed by atoms with van der Waals surface area (Å²) in [6.07, 6.45) is 3.39. The highest BCUT2D eigenvalue weighted by molar-refractivity contribution is 7.91. The molecule has 1 amide bonds. The number of likely N-dealkylation sites (tertiary alicyclic amines) is 1. The second kappa shape index (κ2) is 7.77. The smallest absolute Gasteiger partial charge is 0.237 e. The van der Waals surface area contributed by atoms with Crippen LogP contribution >= 0.6 is 0 Å². The minimum atomic E-state index is -3.50. The second-order valence-corrected chi connectivity index (χ2v) is 8.10. The van der Waals surface area contributed by atoms with E-state index in [1.165, 1.54) is 6.20 Å². The molecule has 0 saturated carbocycles. The number of aromatic nitrogens is 1. The van der Waals surface area contributed by atoms with Gasteiger partial charge >= 0.3 is 0 Å². The van der Waals surface area contributed by atoms with Crippen LogP contribution in [0.3, 0.4) is 0 Å². The lowest BCUT2D eigenvalue weighted by Gasteiger charge is -2.30. The number of hydrogen-bond donors (Lipinski definition) is 0. The molecule has 0 unspecified atom stereocenters. The normalized spacial score (nSPS) is 16.3. The number of amides is 1. The Kier molecular flexibility index (Phi) is 5.98. The standard InChI is InChI=1S/C16H24N2O4S/c1-3-22-15-10-14(4-7-17-15)11-23(20,21)12-16(19)18-8-5-13(2)6-9-18/h4,7,10,13H,3,5-6,8-9,11-12H2,1-2H3. The van der Waals surface area contributed by atoms with Crippen molar-refractivity contribution in [1.82, 2.24) is 9.88 Å². The molecule has 0 N–H and O–H groups in total. The fourth-order valence-electron chi connectivity index (χ4n) is 2.61. The third kappa shape index (κ3) is 5.49. The highest BCUT2D eigenvalue weighted by Crippen LogP contribution is 2.17. The van der Waals surface area contributed by atoms with Crippen LogP contribution in [0.1, 0.15) is 32.3 Å². The molecule has 1 aromatic heterocycles. The van der Waals surface area contributed by atoms with Gasteiger partial charge in [0.15, 0.2) is 9.84 Å². The van der Waals surface area contributed by atoms with E-state index in [1.54, 1.807) is 17.0 Å². The number of nitrogens with zero attached hydrogens (tertiary/aromatic N) is 2. The maximum atomic E-state index is 12.3. The van der Waals surface area contributed by atoms with Crippen LogP contribution in [0.5, 0.6) is 5.88 Å². The maximum absolute atomic E-state index is 12.3. The lowest BCUT2D eigenvalue weighted by molar-refractivity contribution is -0.129. The summed E-state index contributed by atoms with van der Waals surface area (Å²) in [5.41, 5.74) is 0.587. The van der Waals surface area contributed by atoms with Gasteiger partial charge < -0.3 is 9.64 Å². The monoisotopic (exact) mass is 340 g/mol. The molecule has 0 aliphatic carbocycles. The van der Waals surface area contributed by atoms with Gasteiger partial charge in [0.25, 0.3) is 0 Å². The van der Waals surface area contributed by atoms with Gasteiger partial charge in [-0.25, -0.2) is 13.4 Å². The summed E-state index contributed by atoms with van der Waals surface area (Å²) >= 11 is 0. The van der Waals surface area contributed by atoms with E-state index in [4.69, 9.17) is 4.74 Å². The minimum absolute atomic E-state index is 0.175. The molecule has 2 rings (SSSR count). The molecule has 6 nitrogen and oxygen atoms in total. The van der Waals surface area contributed by atoms with Gasteiger partial charge in [-0.05, 0) is 37.3 Å². The summed E-state index contributed by atoms with van der Waals surface area (Å²) in [4.78, 5) is 17.9. The molecule has 2 heterocycles. The summed E-state index contributed by atoms with van der Waals surface area (Å²) in [7, 11) is -3.50. The second-order valence-electron chi connectivity index (χ2n) is 6.03. The van der Waals surface area contributed by atoms with Crippen molar-refractivity contribution in [3.05, 3.63) is 23.9 Å². The van der Waals surface area contributed by atoms with Crippen LogP contribution in [-0.4, -0.2) is 49.7 Å². The first-order valence-electron chi connectivity index (χ1n) is 7.95. The van der Waals surface area contributed by atoms with Crippen molar-refractivity contribution in [1.29, 1.82) is 0 Å². The number of piperidine rings is 1. The quantitative estimate of drug-likeness (QED) is 0.787. The fourth-order valence-corrected chi connectivity index (χ4v) is 3.96. The number of hydrogen-bond acceptors (Lipinski definition) is 5. The van der Waals surface area contributed by atoms with E-state index in [0.717, 1.165) is 12.8 Å². The Bertz CT molecular complexity index is 637. The topological polar surface area (TPSA) is 76.6 Å². The summed E-state index contributed by atoms with van der Waals surface area (Å²) < 4.78 is 29.8. The molecule has 1 aromatic rings. The molecular weight excluding hydrogens is 316 g/mol. The van der Waals surface area contributed by atoms with Crippen LogP contribution in [0.25, 0.3) is 0 Å². The molecule has 1 saturated heterocycles. The fraction of sp³-hybridized carbons (Fsp3) is 0.625. The van der Waals surface area contributed by atoms with Crippen molar-refractivity contribution < 1.29 is 17.9 Å². The van der Waals surface area contributed by atoms with Crippen LogP contribution < -0.4 is 4.74 Å². The molecule has 0 aromatic carbocycles. The van der Waals surface area contributed by atoms with Gasteiger partial charge in [0.1, 0.15) is 5.75 Å². The third-order valence-corrected chi connectivity index (χ3v) is 5.42. The van der Waals surface area contributed by atoms with Crippen molar-refractivity contribution in [3.63, 3.8) is 0 Å². The summed E-state index contributed by atoms with van der Waals surface area (Å²) in [5, 5.41) is 0. The highest BCUT2D eigenvalue weighted by Gasteiger charge is 2.25. The largest absolute Gasteiger partial charge is 0.478 e. The molecule has 128 valence electrons. The number of carbonyl (C=O) groups is 1. The van der Waals surface area contributed by atoms with E-state index in [-0.39, 0.29) is 11.7 Å². The van der Waals surface area contributed by atoms with Gasteiger partial charge in [-0.1, -0.05) is 6.92 Å². The maximum Gasteiger partial charge on any atom is 0.237 e. The Hall–Kier alpha value is -1.63. The summed E-state index contributed by atoms with van der Waals surface area (Å²) in [6.45, 7) is 5.76. The van der Waals surface area contributed by atoms with Crippen molar-refractivity contribution in [2.75, 3.05) is 25.4 Å². The summed E-state index contributed by atoms with van der Waals surface area (Å²) in [6, 6.07) is 3.24. The Labute approximate surface area is 137 Å². The molecule has 23 heavy (non-hydrogen) atoms. The number of carbonyl (C=O) groups excluding carboxylic acids is 1. The average Bonchev–Trinajstić information content (AvgIpc) is 2.47. The number of pyridine rings is 1. The van der Waals surface area contributed by atoms with E-state index in [0.29, 0.717) is 37.1 Å². The van der Waals surface area contributed by atoms with E-state index in [2.05, 4.69) is 11.9 Å². The van der Waals surface area contributed by atoms with E-state index >= 15 is 0 Å². The number of ether oxygens (including phenoxy) is 1. The molecule has 0 atom stereocenters. The Balaban J connectivity index is 1.96. The molecule has 1 aliphatic rings. The zero-order valence-corrected chi connectivity index (χ0v) is 14.5. The summed E-state index contributed by atoms with van der Waals surface area (Å²) in [5.74, 6) is 0.0937. The third-order valence-electron chi connectivity index (χ3n) is 3.96. The van der Waals surface area contributed by atoms with Crippen LogP contribution in [0.2, 0.25) is 0 Å². The van der Waals surface area contributed by atoms with Gasteiger partial charge in [-0.2, -0.15) is 0 Å². The SMILES string of the molecule is CCOc1cc(CS(=O)(=O)CC(=O)N2CCC(C)CC2)ccn1. The van der Waals surface area contributed by atoms with Crippen LogP contribution in [0, 0.1) is 5.92 Å². The van der Waals surface area contributed by atoms with Gasteiger partial charge in [0, 0.05) is 25.4 Å². The molecule has 7 heteroatoms. The van der Waals surface area contributed by atoms with Crippen molar-refractivity contribution >= 4 is 15.7 Å². The first-order valence-corrected chi connectivity index (χ1v) is 9.77. The number of sulfone groups is 1. The lowest BCUT2D eigenvalue weighted by Crippen LogP contribution is -2.41. The molecule has 1 fully saturated rings. The lowest BCUT2D eigenvalue weighted by atomic mass is 9.99. The Morgan fingerprint density at radius 2 is 2.09 bits per heavy atom. The van der Waals surface area contributed by atoms with E-state index < -0.39 is 15.6 Å². The predicted octanol–water partition coefficient (Wildman–Crippen LogP) is 1.65. The van der Waals surface area contributed by atoms with Gasteiger partial charge in [0.05, 0.1) is 12.4 Å². The van der Waals surface area contributed by atoms with Crippen molar-refractivity contribution in [3.8, 4) is 5.88 Å². The van der Waals surface area contributed by atoms with Crippen LogP contribution in [-0.2, 0) is 20.4 Å². The molecular formula is C16H24N2O4S. The molecule has 0 bridgehead atoms. The van der Waals surface area contributed by atoms with Crippen LogP contribution in [0.4, 0.5) is 0 Å². The van der Waals surface area contributed by atoms with Crippen molar-refractivity contribution in [2.24, 2.45) is 5.92 Å². The Morgan fingerprint density at radius 1 is 1.39 bits per heavy atom. The zero-order valence-electron chi connectivity index (χ0n) is 13.7.